The van der Waals surface area contributed by atoms with Gasteiger partial charge in [0, 0.05) is 34.7 Å². The molecule has 0 saturated heterocycles. The molecule has 0 unspecified atom stereocenters. The average molecular weight is 537 g/mol. The van der Waals surface area contributed by atoms with Gasteiger partial charge in [0.1, 0.15) is 0 Å². The molecule has 0 amide bonds. The van der Waals surface area contributed by atoms with E-state index in [1.807, 2.05) is 48.5 Å². The van der Waals surface area contributed by atoms with Crippen LogP contribution in [-0.4, -0.2) is 32.9 Å². The number of para-hydroxylation sites is 2. The molecule has 198 valence electrons. The number of nitrogens with zero attached hydrogens (tertiary/aromatic N) is 2. The number of phenols is 4. The molecular weight excluding hydrogens is 512 g/mol. The van der Waals surface area contributed by atoms with Crippen molar-refractivity contribution in [3.05, 3.63) is 131 Å². The number of benzene rings is 6. The molecule has 6 aromatic carbocycles. The molecule has 4 N–H and O–H groups in total. The van der Waals surface area contributed by atoms with Crippen LogP contribution in [0.15, 0.2) is 119 Å². The summed E-state index contributed by atoms with van der Waals surface area (Å²) in [7, 11) is 0. The van der Waals surface area contributed by atoms with E-state index in [9.17, 15) is 20.4 Å². The van der Waals surface area contributed by atoms with Crippen LogP contribution in [0.5, 0.6) is 23.0 Å². The van der Waals surface area contributed by atoms with Gasteiger partial charge in [0.15, 0.2) is 23.0 Å². The molecule has 1 aliphatic carbocycles. The highest BCUT2D eigenvalue weighted by atomic mass is 16.3. The van der Waals surface area contributed by atoms with Crippen LogP contribution in [0.25, 0.3) is 32.7 Å². The molecule has 6 heteroatoms. The molecule has 0 fully saturated rings. The topological polar surface area (TPSA) is 106 Å². The van der Waals surface area contributed by atoms with Crippen LogP contribution in [0.2, 0.25) is 0 Å². The summed E-state index contributed by atoms with van der Waals surface area (Å²) in [5.41, 5.74) is 3.01. The van der Waals surface area contributed by atoms with E-state index in [1.165, 1.54) is 24.6 Å². The van der Waals surface area contributed by atoms with Gasteiger partial charge in [-0.05, 0) is 56.9 Å². The van der Waals surface area contributed by atoms with Gasteiger partial charge < -0.3 is 20.4 Å². The normalized spacial score (nSPS) is 13.8. The minimum atomic E-state index is -1.31. The van der Waals surface area contributed by atoms with Gasteiger partial charge in [-0.15, -0.1) is 0 Å². The minimum Gasteiger partial charge on any atom is -0.504 e. The maximum Gasteiger partial charge on any atom is 0.202 e. The van der Waals surface area contributed by atoms with Crippen molar-refractivity contribution >= 4 is 34.0 Å². The Labute approximate surface area is 235 Å². The maximum atomic E-state index is 10.6. The summed E-state index contributed by atoms with van der Waals surface area (Å²) >= 11 is 0. The molecule has 0 heterocycles. The minimum absolute atomic E-state index is 0.250. The van der Waals surface area contributed by atoms with E-state index in [0.29, 0.717) is 11.1 Å². The van der Waals surface area contributed by atoms with Gasteiger partial charge in [-0.1, -0.05) is 84.9 Å². The molecule has 0 atom stereocenters. The van der Waals surface area contributed by atoms with Crippen molar-refractivity contribution in [3.63, 3.8) is 0 Å². The Morgan fingerprint density at radius 3 is 1.37 bits per heavy atom. The van der Waals surface area contributed by atoms with Gasteiger partial charge in [-0.25, -0.2) is 0 Å². The van der Waals surface area contributed by atoms with Crippen molar-refractivity contribution in [2.45, 2.75) is 5.66 Å². The zero-order valence-corrected chi connectivity index (χ0v) is 21.7. The summed E-state index contributed by atoms with van der Waals surface area (Å²) in [5.74, 6) is -1.06. The van der Waals surface area contributed by atoms with Gasteiger partial charge in [0.2, 0.25) is 5.66 Å². The van der Waals surface area contributed by atoms with Crippen molar-refractivity contribution in [2.75, 3.05) is 0 Å². The zero-order valence-electron chi connectivity index (χ0n) is 21.7. The Bertz CT molecular complexity index is 1910. The van der Waals surface area contributed by atoms with Gasteiger partial charge in [0.25, 0.3) is 0 Å². The standard InChI is InChI=1S/C35H24N2O4/c38-29-13-5-9-23(33(29)40)19-36-35(37-20-24-10-6-14-30(39)34(24)41)27-17-15-21-7-1-3-11-25(21)31(27)32-26-12-4-2-8-22(26)16-18-28(32)35/h1-20,38-41H/b36-19+,37-20+. The molecule has 6 aromatic rings. The lowest BCUT2D eigenvalue weighted by atomic mass is 9.94. The third-order valence-electron chi connectivity index (χ3n) is 7.73. The Morgan fingerprint density at radius 2 is 0.902 bits per heavy atom. The highest BCUT2D eigenvalue weighted by Crippen LogP contribution is 2.55. The smallest absolute Gasteiger partial charge is 0.202 e. The first-order valence-corrected chi connectivity index (χ1v) is 13.1. The van der Waals surface area contributed by atoms with E-state index in [-0.39, 0.29) is 23.0 Å². The number of fused-ring (bicyclic) bond motifs is 7. The first kappa shape index (κ1) is 24.4. The molecule has 7 rings (SSSR count). The number of hydrogen-bond donors (Lipinski definition) is 4. The predicted molar refractivity (Wildman–Crippen MR) is 162 cm³/mol. The molecule has 0 saturated carbocycles. The van der Waals surface area contributed by atoms with Crippen molar-refractivity contribution in [1.29, 1.82) is 0 Å². The predicted octanol–water partition coefficient (Wildman–Crippen LogP) is 7.24. The second-order valence-electron chi connectivity index (χ2n) is 10.0. The summed E-state index contributed by atoms with van der Waals surface area (Å²) in [6, 6.07) is 33.9. The number of hydrogen-bond acceptors (Lipinski definition) is 6. The lowest BCUT2D eigenvalue weighted by Crippen LogP contribution is -2.21. The number of phenolic OH excluding ortho intramolecular Hbond substituents is 4. The van der Waals surface area contributed by atoms with E-state index in [2.05, 4.69) is 24.3 Å². The van der Waals surface area contributed by atoms with Crippen molar-refractivity contribution in [3.8, 4) is 34.1 Å². The first-order valence-electron chi connectivity index (χ1n) is 13.1. The number of aromatic hydroxyl groups is 4. The van der Waals surface area contributed by atoms with Crippen molar-refractivity contribution in [2.24, 2.45) is 9.98 Å². The summed E-state index contributed by atoms with van der Waals surface area (Å²) in [6.45, 7) is 0. The second kappa shape index (κ2) is 9.24. The van der Waals surface area contributed by atoms with Crippen molar-refractivity contribution in [1.82, 2.24) is 0 Å². The van der Waals surface area contributed by atoms with Crippen LogP contribution in [0.4, 0.5) is 0 Å². The Balaban J connectivity index is 1.59. The van der Waals surface area contributed by atoms with E-state index in [0.717, 1.165) is 43.8 Å². The van der Waals surface area contributed by atoms with Gasteiger partial charge in [-0.2, -0.15) is 0 Å². The van der Waals surface area contributed by atoms with Gasteiger partial charge in [-0.3, -0.25) is 9.98 Å². The Kier molecular flexibility index (Phi) is 5.51. The van der Waals surface area contributed by atoms with Gasteiger partial charge in [0.05, 0.1) is 0 Å². The number of rotatable bonds is 4. The van der Waals surface area contributed by atoms with E-state index in [4.69, 9.17) is 9.98 Å². The fraction of sp³-hybridized carbons (Fsp3) is 0.0286. The molecule has 0 bridgehead atoms. The highest BCUT2D eigenvalue weighted by molar-refractivity contribution is 6.11. The lowest BCUT2D eigenvalue weighted by molar-refractivity contribution is 0.403. The molecule has 1 aliphatic rings. The summed E-state index contributed by atoms with van der Waals surface area (Å²) < 4.78 is 0. The summed E-state index contributed by atoms with van der Waals surface area (Å²) in [4.78, 5) is 10.1. The molecule has 41 heavy (non-hydrogen) atoms. The van der Waals surface area contributed by atoms with E-state index in [1.54, 1.807) is 24.3 Å². The van der Waals surface area contributed by atoms with Crippen LogP contribution in [0, 0.1) is 0 Å². The second-order valence-corrected chi connectivity index (χ2v) is 10.0. The van der Waals surface area contributed by atoms with Crippen LogP contribution in [0.3, 0.4) is 0 Å². The quantitative estimate of drug-likeness (QED) is 0.141. The molecule has 6 nitrogen and oxygen atoms in total. The maximum absolute atomic E-state index is 10.6. The Morgan fingerprint density at radius 1 is 0.463 bits per heavy atom. The third-order valence-corrected chi connectivity index (χ3v) is 7.73. The lowest BCUT2D eigenvalue weighted by Gasteiger charge is -2.24. The zero-order chi connectivity index (χ0) is 28.1. The summed E-state index contributed by atoms with van der Waals surface area (Å²) in [5, 5.41) is 45.6. The Hall–Kier alpha value is -5.62. The molecular formula is C35H24N2O4. The van der Waals surface area contributed by atoms with Crippen LogP contribution in [0.1, 0.15) is 22.3 Å². The van der Waals surface area contributed by atoms with E-state index >= 15 is 0 Å². The van der Waals surface area contributed by atoms with E-state index < -0.39 is 5.66 Å². The molecule has 0 aromatic heterocycles. The highest BCUT2D eigenvalue weighted by Gasteiger charge is 2.44. The molecule has 0 spiro atoms. The van der Waals surface area contributed by atoms with Crippen LogP contribution >= 0.6 is 0 Å². The first-order chi connectivity index (χ1) is 20.0. The monoisotopic (exact) mass is 536 g/mol. The molecule has 0 aliphatic heterocycles. The summed E-state index contributed by atoms with van der Waals surface area (Å²) in [6.07, 6.45) is 3.02. The number of aliphatic imine (C=N–C) groups is 2. The van der Waals surface area contributed by atoms with Crippen LogP contribution < -0.4 is 0 Å². The van der Waals surface area contributed by atoms with Gasteiger partial charge >= 0.3 is 0 Å². The largest absolute Gasteiger partial charge is 0.504 e. The van der Waals surface area contributed by atoms with Crippen LogP contribution in [-0.2, 0) is 5.66 Å². The fourth-order valence-electron chi connectivity index (χ4n) is 5.75. The fourth-order valence-corrected chi connectivity index (χ4v) is 5.75. The SMILES string of the molecule is Oc1cccc(/C=N/C2(/N=C/c3cccc(O)c3O)c3ccc4ccccc4c3-c3c2ccc2ccccc32)c1O. The van der Waals surface area contributed by atoms with Crippen molar-refractivity contribution < 1.29 is 20.4 Å². The third kappa shape index (κ3) is 3.72. The molecule has 0 radical (unpaired) electrons. The average Bonchev–Trinajstić information content (AvgIpc) is 3.29.